The summed E-state index contributed by atoms with van der Waals surface area (Å²) in [6, 6.07) is 3.08. The molecule has 5 nitrogen and oxygen atoms in total. The summed E-state index contributed by atoms with van der Waals surface area (Å²) in [7, 11) is 0. The molecule has 2 rings (SSSR count). The summed E-state index contributed by atoms with van der Waals surface area (Å²) in [5.41, 5.74) is 5.99. The lowest BCUT2D eigenvalue weighted by Gasteiger charge is -2.39. The molecular weight excluding hydrogens is 286 g/mol. The van der Waals surface area contributed by atoms with E-state index in [0.29, 0.717) is 4.88 Å². The molecule has 0 radical (unpaired) electrons. The van der Waals surface area contributed by atoms with Crippen LogP contribution in [0.1, 0.15) is 42.8 Å². The van der Waals surface area contributed by atoms with Crippen LogP contribution >= 0.6 is 11.3 Å². The van der Waals surface area contributed by atoms with Crippen molar-refractivity contribution in [1.82, 2.24) is 10.2 Å². The topological polar surface area (TPSA) is 75.4 Å². The Bertz CT molecular complexity index is 487. The summed E-state index contributed by atoms with van der Waals surface area (Å²) in [6.07, 6.45) is 3.04. The summed E-state index contributed by atoms with van der Waals surface area (Å²) in [6.45, 7) is 4.40. The fraction of sp³-hybridized carbons (Fsp3) is 0.600. The van der Waals surface area contributed by atoms with Crippen molar-refractivity contribution < 1.29 is 9.59 Å². The first kappa shape index (κ1) is 16.0. The minimum absolute atomic E-state index is 0.0399. The van der Waals surface area contributed by atoms with Crippen molar-refractivity contribution in [2.75, 3.05) is 6.54 Å². The summed E-state index contributed by atoms with van der Waals surface area (Å²) < 4.78 is 0. The van der Waals surface area contributed by atoms with E-state index in [-0.39, 0.29) is 23.9 Å². The second kappa shape index (κ2) is 7.04. The Morgan fingerprint density at radius 3 is 2.81 bits per heavy atom. The minimum atomic E-state index is -0.529. The Balaban J connectivity index is 1.99. The molecule has 0 spiro atoms. The SMILES string of the molecule is CC(NC(=O)c1cccs1)C(=O)N1CCCCC1C(C)N. The van der Waals surface area contributed by atoms with Gasteiger partial charge in [-0.15, -0.1) is 11.3 Å². The van der Waals surface area contributed by atoms with Crippen LogP contribution in [-0.4, -0.2) is 41.4 Å². The van der Waals surface area contributed by atoms with Gasteiger partial charge >= 0.3 is 0 Å². The van der Waals surface area contributed by atoms with Crippen molar-refractivity contribution in [2.24, 2.45) is 5.73 Å². The van der Waals surface area contributed by atoms with E-state index in [9.17, 15) is 9.59 Å². The first-order chi connectivity index (χ1) is 10.0. The van der Waals surface area contributed by atoms with E-state index in [2.05, 4.69) is 5.32 Å². The molecule has 1 saturated heterocycles. The van der Waals surface area contributed by atoms with Crippen LogP contribution in [0.3, 0.4) is 0 Å². The molecule has 21 heavy (non-hydrogen) atoms. The first-order valence-corrected chi connectivity index (χ1v) is 8.29. The van der Waals surface area contributed by atoms with Gasteiger partial charge in [-0.3, -0.25) is 9.59 Å². The number of carbonyl (C=O) groups is 2. The smallest absolute Gasteiger partial charge is 0.261 e. The highest BCUT2D eigenvalue weighted by atomic mass is 32.1. The van der Waals surface area contributed by atoms with Gasteiger partial charge < -0.3 is 16.0 Å². The van der Waals surface area contributed by atoms with E-state index in [1.165, 1.54) is 11.3 Å². The van der Waals surface area contributed by atoms with Gasteiger partial charge in [0, 0.05) is 18.6 Å². The molecule has 0 saturated carbocycles. The number of rotatable bonds is 4. The van der Waals surface area contributed by atoms with Gasteiger partial charge in [-0.25, -0.2) is 0 Å². The summed E-state index contributed by atoms with van der Waals surface area (Å²) in [4.78, 5) is 27.1. The second-order valence-electron chi connectivity index (χ2n) is 5.63. The maximum Gasteiger partial charge on any atom is 0.261 e. The molecule has 6 heteroatoms. The Morgan fingerprint density at radius 1 is 1.43 bits per heavy atom. The number of piperidine rings is 1. The van der Waals surface area contributed by atoms with Gasteiger partial charge in [0.25, 0.3) is 5.91 Å². The fourth-order valence-electron chi connectivity index (χ4n) is 2.76. The van der Waals surface area contributed by atoms with Gasteiger partial charge in [0.1, 0.15) is 6.04 Å². The number of nitrogens with zero attached hydrogens (tertiary/aromatic N) is 1. The summed E-state index contributed by atoms with van der Waals surface area (Å²) in [5.74, 6) is -0.234. The van der Waals surface area contributed by atoms with Crippen molar-refractivity contribution in [3.63, 3.8) is 0 Å². The Hall–Kier alpha value is -1.40. The van der Waals surface area contributed by atoms with Crippen molar-refractivity contribution >= 4 is 23.2 Å². The largest absolute Gasteiger partial charge is 0.340 e. The van der Waals surface area contributed by atoms with Crippen LogP contribution < -0.4 is 11.1 Å². The summed E-state index contributed by atoms with van der Waals surface area (Å²) in [5, 5.41) is 4.62. The van der Waals surface area contributed by atoms with Gasteiger partial charge in [0.2, 0.25) is 5.91 Å². The number of nitrogens with two attached hydrogens (primary N) is 1. The van der Waals surface area contributed by atoms with Gasteiger partial charge in [-0.05, 0) is 44.6 Å². The van der Waals surface area contributed by atoms with Crippen LogP contribution in [0.4, 0.5) is 0 Å². The molecule has 1 aliphatic rings. The predicted octanol–water partition coefficient (Wildman–Crippen LogP) is 1.59. The zero-order valence-electron chi connectivity index (χ0n) is 12.5. The number of likely N-dealkylation sites (tertiary alicyclic amines) is 1. The third-order valence-corrected chi connectivity index (χ3v) is 4.77. The number of nitrogens with one attached hydrogen (secondary N) is 1. The standard InChI is InChI=1S/C15H23N3O2S/c1-10(16)12-6-3-4-8-18(12)15(20)11(2)17-14(19)13-7-5-9-21-13/h5,7,9-12H,3-4,6,8,16H2,1-2H3,(H,17,19). The van der Waals surface area contributed by atoms with Crippen LogP contribution in [0.2, 0.25) is 0 Å². The average Bonchev–Trinajstić information content (AvgIpc) is 3.00. The monoisotopic (exact) mass is 309 g/mol. The summed E-state index contributed by atoms with van der Waals surface area (Å²) >= 11 is 1.37. The Labute approximate surface area is 129 Å². The molecule has 1 aromatic heterocycles. The molecule has 0 bridgehead atoms. The van der Waals surface area contributed by atoms with E-state index < -0.39 is 6.04 Å². The third kappa shape index (κ3) is 3.83. The van der Waals surface area contributed by atoms with E-state index >= 15 is 0 Å². The quantitative estimate of drug-likeness (QED) is 0.887. The molecule has 116 valence electrons. The van der Waals surface area contributed by atoms with Gasteiger partial charge in [0.15, 0.2) is 0 Å². The van der Waals surface area contributed by atoms with Gasteiger partial charge in [-0.2, -0.15) is 0 Å². The Kier molecular flexibility index (Phi) is 5.36. The number of thiophene rings is 1. The molecule has 1 aliphatic heterocycles. The van der Waals surface area contributed by atoms with Crippen molar-refractivity contribution in [2.45, 2.75) is 51.2 Å². The zero-order valence-corrected chi connectivity index (χ0v) is 13.4. The number of hydrogen-bond donors (Lipinski definition) is 2. The molecule has 3 atom stereocenters. The van der Waals surface area contributed by atoms with Crippen LogP contribution in [-0.2, 0) is 4.79 Å². The van der Waals surface area contributed by atoms with Crippen LogP contribution in [0, 0.1) is 0 Å². The fourth-order valence-corrected chi connectivity index (χ4v) is 3.39. The molecule has 0 aromatic carbocycles. The number of amides is 2. The van der Waals surface area contributed by atoms with Crippen LogP contribution in [0.25, 0.3) is 0 Å². The Morgan fingerprint density at radius 2 is 2.19 bits per heavy atom. The number of carbonyl (C=O) groups excluding carboxylic acids is 2. The normalized spacial score (nSPS) is 21.7. The molecule has 1 fully saturated rings. The molecule has 0 aliphatic carbocycles. The third-order valence-electron chi connectivity index (χ3n) is 3.90. The molecular formula is C15H23N3O2S. The molecule has 1 aromatic rings. The van der Waals surface area contributed by atoms with E-state index in [1.807, 2.05) is 23.3 Å². The van der Waals surface area contributed by atoms with E-state index in [0.717, 1.165) is 25.8 Å². The maximum absolute atomic E-state index is 12.6. The second-order valence-corrected chi connectivity index (χ2v) is 6.57. The van der Waals surface area contributed by atoms with Crippen molar-refractivity contribution in [1.29, 1.82) is 0 Å². The molecule has 2 heterocycles. The lowest BCUT2D eigenvalue weighted by atomic mass is 9.96. The molecule has 2 amide bonds. The molecule has 3 N–H and O–H groups in total. The number of hydrogen-bond acceptors (Lipinski definition) is 4. The predicted molar refractivity (Wildman–Crippen MR) is 84.2 cm³/mol. The first-order valence-electron chi connectivity index (χ1n) is 7.41. The highest BCUT2D eigenvalue weighted by Gasteiger charge is 2.32. The van der Waals surface area contributed by atoms with Crippen molar-refractivity contribution in [3.8, 4) is 0 Å². The van der Waals surface area contributed by atoms with Crippen LogP contribution in [0.5, 0.6) is 0 Å². The van der Waals surface area contributed by atoms with Crippen LogP contribution in [0.15, 0.2) is 17.5 Å². The molecule has 3 unspecified atom stereocenters. The lowest BCUT2D eigenvalue weighted by molar-refractivity contribution is -0.137. The minimum Gasteiger partial charge on any atom is -0.340 e. The van der Waals surface area contributed by atoms with Gasteiger partial charge in [-0.1, -0.05) is 6.07 Å². The van der Waals surface area contributed by atoms with E-state index in [4.69, 9.17) is 5.73 Å². The van der Waals surface area contributed by atoms with Crippen molar-refractivity contribution in [3.05, 3.63) is 22.4 Å². The maximum atomic E-state index is 12.6. The zero-order chi connectivity index (χ0) is 15.4. The van der Waals surface area contributed by atoms with E-state index in [1.54, 1.807) is 13.0 Å². The highest BCUT2D eigenvalue weighted by Crippen LogP contribution is 2.20. The highest BCUT2D eigenvalue weighted by molar-refractivity contribution is 7.12. The van der Waals surface area contributed by atoms with Gasteiger partial charge in [0.05, 0.1) is 4.88 Å². The lowest BCUT2D eigenvalue weighted by Crippen LogP contribution is -2.56. The average molecular weight is 309 g/mol.